The number of aryl methyl sites for hydroxylation is 2. The molecule has 0 spiro atoms. The van der Waals surface area contributed by atoms with Crippen LogP contribution < -0.4 is 10.3 Å². The van der Waals surface area contributed by atoms with Crippen LogP contribution in [0.2, 0.25) is 0 Å². The van der Waals surface area contributed by atoms with Gasteiger partial charge in [0.15, 0.2) is 0 Å². The van der Waals surface area contributed by atoms with E-state index in [1.54, 1.807) is 42.6 Å². The number of pyridine rings is 1. The summed E-state index contributed by atoms with van der Waals surface area (Å²) in [5, 5.41) is 9.26. The number of hydrogen-bond acceptors (Lipinski definition) is 6. The number of nitrogens with zero attached hydrogens (tertiary/aromatic N) is 3. The predicted molar refractivity (Wildman–Crippen MR) is 103 cm³/mol. The Kier molecular flexibility index (Phi) is 5.23. The van der Waals surface area contributed by atoms with E-state index in [-0.39, 0.29) is 17.0 Å². The molecule has 0 fully saturated rings. The van der Waals surface area contributed by atoms with Crippen LogP contribution in [0, 0.1) is 25.2 Å². The average molecular weight is 375 g/mol. The van der Waals surface area contributed by atoms with Crippen LogP contribution in [-0.4, -0.2) is 22.5 Å². The van der Waals surface area contributed by atoms with Crippen molar-refractivity contribution in [3.05, 3.63) is 75.2 Å². The number of nitriles is 1. The third kappa shape index (κ3) is 3.76. The SMILES string of the molecule is COC(=O)C(C#N)=Cc1c(Oc2cc(C)cc(C)c2)nc2ccccn2c1=O. The van der Waals surface area contributed by atoms with Gasteiger partial charge in [0.1, 0.15) is 28.6 Å². The number of fused-ring (bicyclic) bond motifs is 1. The summed E-state index contributed by atoms with van der Waals surface area (Å²) in [5.74, 6) is -0.355. The third-order valence-corrected chi connectivity index (χ3v) is 3.96. The first kappa shape index (κ1) is 18.9. The van der Waals surface area contributed by atoms with Gasteiger partial charge in [-0.1, -0.05) is 12.1 Å². The number of aromatic nitrogens is 2. The van der Waals surface area contributed by atoms with Crippen LogP contribution in [0.1, 0.15) is 16.7 Å². The van der Waals surface area contributed by atoms with Gasteiger partial charge in [0.2, 0.25) is 5.88 Å². The average Bonchev–Trinajstić information content (AvgIpc) is 2.66. The van der Waals surface area contributed by atoms with E-state index in [2.05, 4.69) is 9.72 Å². The van der Waals surface area contributed by atoms with Crippen LogP contribution in [0.15, 0.2) is 53.0 Å². The highest BCUT2D eigenvalue weighted by atomic mass is 16.5. The molecule has 0 N–H and O–H groups in total. The Morgan fingerprint density at radius 2 is 1.93 bits per heavy atom. The van der Waals surface area contributed by atoms with Crippen LogP contribution in [-0.2, 0) is 9.53 Å². The Labute approximate surface area is 161 Å². The maximum atomic E-state index is 13.0. The zero-order chi connectivity index (χ0) is 20.3. The Bertz CT molecular complexity index is 1180. The van der Waals surface area contributed by atoms with E-state index in [0.29, 0.717) is 11.4 Å². The van der Waals surface area contributed by atoms with Crippen molar-refractivity contribution in [3.8, 4) is 17.7 Å². The molecule has 0 saturated carbocycles. The molecule has 0 aliphatic heterocycles. The van der Waals surface area contributed by atoms with E-state index in [4.69, 9.17) is 4.74 Å². The molecule has 7 nitrogen and oxygen atoms in total. The molecule has 0 aliphatic carbocycles. The second-order valence-electron chi connectivity index (χ2n) is 6.15. The molecular formula is C21H17N3O4. The van der Waals surface area contributed by atoms with Crippen molar-refractivity contribution >= 4 is 17.7 Å². The van der Waals surface area contributed by atoms with Crippen LogP contribution >= 0.6 is 0 Å². The minimum atomic E-state index is -0.850. The minimum absolute atomic E-state index is 0.00199. The topological polar surface area (TPSA) is 93.7 Å². The fourth-order valence-electron chi connectivity index (χ4n) is 2.78. The lowest BCUT2D eigenvalue weighted by atomic mass is 10.1. The molecule has 7 heteroatoms. The second kappa shape index (κ2) is 7.76. The number of rotatable bonds is 4. The van der Waals surface area contributed by atoms with Gasteiger partial charge >= 0.3 is 5.97 Å². The smallest absolute Gasteiger partial charge is 0.348 e. The first-order valence-electron chi connectivity index (χ1n) is 8.40. The zero-order valence-corrected chi connectivity index (χ0v) is 15.6. The van der Waals surface area contributed by atoms with Gasteiger partial charge in [0, 0.05) is 6.20 Å². The summed E-state index contributed by atoms with van der Waals surface area (Å²) in [6, 6.07) is 12.4. The van der Waals surface area contributed by atoms with Crippen molar-refractivity contribution < 1.29 is 14.3 Å². The largest absolute Gasteiger partial charge is 0.465 e. The van der Waals surface area contributed by atoms with Gasteiger partial charge in [-0.25, -0.2) is 4.79 Å². The molecule has 2 heterocycles. The number of esters is 1. The number of methoxy groups -OCH3 is 1. The van der Waals surface area contributed by atoms with Gasteiger partial charge in [-0.2, -0.15) is 10.2 Å². The zero-order valence-electron chi connectivity index (χ0n) is 15.6. The summed E-state index contributed by atoms with van der Waals surface area (Å²) in [7, 11) is 1.16. The molecular weight excluding hydrogens is 358 g/mol. The number of ether oxygens (including phenoxy) is 2. The predicted octanol–water partition coefficient (Wildman–Crippen LogP) is 3.18. The van der Waals surface area contributed by atoms with E-state index in [0.717, 1.165) is 24.3 Å². The number of hydrogen-bond donors (Lipinski definition) is 0. The van der Waals surface area contributed by atoms with Gasteiger partial charge in [0.05, 0.1) is 7.11 Å². The second-order valence-corrected chi connectivity index (χ2v) is 6.15. The first-order chi connectivity index (χ1) is 13.4. The molecule has 1 aromatic carbocycles. The molecule has 0 unspecified atom stereocenters. The molecule has 0 saturated heterocycles. The monoisotopic (exact) mass is 375 g/mol. The molecule has 2 aromatic heterocycles. The fraction of sp³-hybridized carbons (Fsp3) is 0.143. The lowest BCUT2D eigenvalue weighted by Crippen LogP contribution is -2.19. The van der Waals surface area contributed by atoms with Crippen molar-refractivity contribution in [1.82, 2.24) is 9.38 Å². The molecule has 3 aromatic rings. The Balaban J connectivity index is 2.25. The molecule has 0 aliphatic rings. The fourth-order valence-corrected chi connectivity index (χ4v) is 2.78. The van der Waals surface area contributed by atoms with E-state index in [9.17, 15) is 14.9 Å². The van der Waals surface area contributed by atoms with Gasteiger partial charge < -0.3 is 9.47 Å². The standard InChI is InChI=1S/C21H17N3O4/c1-13-8-14(2)10-16(9-13)28-19-17(11-15(12-22)21(26)27-3)20(25)24-7-5-4-6-18(24)23-19/h4-11H,1-3H3. The van der Waals surface area contributed by atoms with Crippen LogP contribution in [0.4, 0.5) is 0 Å². The summed E-state index contributed by atoms with van der Waals surface area (Å²) in [6.45, 7) is 3.85. The lowest BCUT2D eigenvalue weighted by molar-refractivity contribution is -0.135. The van der Waals surface area contributed by atoms with Gasteiger partial charge in [-0.15, -0.1) is 0 Å². The van der Waals surface area contributed by atoms with Crippen LogP contribution in [0.5, 0.6) is 11.6 Å². The first-order valence-corrected chi connectivity index (χ1v) is 8.40. The molecule has 3 rings (SSSR count). The van der Waals surface area contributed by atoms with Crippen molar-refractivity contribution in [3.63, 3.8) is 0 Å². The minimum Gasteiger partial charge on any atom is -0.465 e. The maximum absolute atomic E-state index is 13.0. The molecule has 140 valence electrons. The van der Waals surface area contributed by atoms with E-state index >= 15 is 0 Å². The highest BCUT2D eigenvalue weighted by Gasteiger charge is 2.17. The van der Waals surface area contributed by atoms with Crippen molar-refractivity contribution in [1.29, 1.82) is 5.26 Å². The van der Waals surface area contributed by atoms with Crippen molar-refractivity contribution in [2.45, 2.75) is 13.8 Å². The number of benzene rings is 1. The number of carbonyl (C=O) groups is 1. The third-order valence-electron chi connectivity index (χ3n) is 3.96. The molecule has 0 radical (unpaired) electrons. The lowest BCUT2D eigenvalue weighted by Gasteiger charge is -2.11. The molecule has 0 bridgehead atoms. The highest BCUT2D eigenvalue weighted by Crippen LogP contribution is 2.26. The Morgan fingerprint density at radius 1 is 1.21 bits per heavy atom. The summed E-state index contributed by atoms with van der Waals surface area (Å²) in [4.78, 5) is 29.2. The maximum Gasteiger partial charge on any atom is 0.348 e. The number of carbonyl (C=O) groups excluding carboxylic acids is 1. The van der Waals surface area contributed by atoms with E-state index < -0.39 is 11.5 Å². The quantitative estimate of drug-likeness (QED) is 0.395. The van der Waals surface area contributed by atoms with E-state index in [1.165, 1.54) is 4.40 Å². The highest BCUT2D eigenvalue weighted by molar-refractivity contribution is 5.98. The van der Waals surface area contributed by atoms with Gasteiger partial charge in [-0.3, -0.25) is 9.20 Å². The van der Waals surface area contributed by atoms with Gasteiger partial charge in [-0.05, 0) is 55.3 Å². The molecule has 0 atom stereocenters. The van der Waals surface area contributed by atoms with Crippen molar-refractivity contribution in [2.75, 3.05) is 7.11 Å². The summed E-state index contributed by atoms with van der Waals surface area (Å²) < 4.78 is 11.8. The van der Waals surface area contributed by atoms with Crippen LogP contribution in [0.25, 0.3) is 11.7 Å². The normalized spacial score (nSPS) is 11.1. The molecule has 28 heavy (non-hydrogen) atoms. The van der Waals surface area contributed by atoms with E-state index in [1.807, 2.05) is 19.9 Å². The summed E-state index contributed by atoms with van der Waals surface area (Å²) in [6.07, 6.45) is 2.69. The Morgan fingerprint density at radius 3 is 2.57 bits per heavy atom. The van der Waals surface area contributed by atoms with Crippen LogP contribution in [0.3, 0.4) is 0 Å². The van der Waals surface area contributed by atoms with Crippen molar-refractivity contribution in [2.24, 2.45) is 0 Å². The molecule has 0 amide bonds. The van der Waals surface area contributed by atoms with Gasteiger partial charge in [0.25, 0.3) is 5.56 Å². The summed E-state index contributed by atoms with van der Waals surface area (Å²) >= 11 is 0. The summed E-state index contributed by atoms with van der Waals surface area (Å²) in [5.41, 5.74) is 1.52. The Hall–Kier alpha value is -3.92.